The first-order valence-electron chi connectivity index (χ1n) is 10.7. The monoisotopic (exact) mass is 502 g/mol. The molecule has 192 valence electrons. The third-order valence-corrected chi connectivity index (χ3v) is 6.59. The minimum atomic E-state index is -4.83. The number of hydrogen-bond donors (Lipinski definition) is 3. The Balaban J connectivity index is 2.06. The second-order valence-electron chi connectivity index (χ2n) is 8.61. The summed E-state index contributed by atoms with van der Waals surface area (Å²) in [6.45, 7) is 2.78. The lowest BCUT2D eigenvalue weighted by molar-refractivity contribution is -0.618. The number of carbonyl (C=O) groups excluding carboxylic acids is 1. The van der Waals surface area contributed by atoms with Crippen LogP contribution in [-0.4, -0.2) is 47.7 Å². The molecule has 0 radical (unpaired) electrons. The van der Waals surface area contributed by atoms with Gasteiger partial charge in [0.25, 0.3) is 5.91 Å². The van der Waals surface area contributed by atoms with Crippen LogP contribution < -0.4 is 14.8 Å². The Hall–Kier alpha value is -2.96. The molecule has 8 nitrogen and oxygen atoms in total. The third-order valence-electron chi connectivity index (χ3n) is 6.59. The Morgan fingerprint density at radius 2 is 2.03 bits per heavy atom. The van der Waals surface area contributed by atoms with Gasteiger partial charge in [-0.05, 0) is 19.9 Å². The molecule has 35 heavy (non-hydrogen) atoms. The van der Waals surface area contributed by atoms with Gasteiger partial charge in [-0.2, -0.15) is 17.9 Å². The van der Waals surface area contributed by atoms with Crippen LogP contribution in [0.1, 0.15) is 42.7 Å². The molecule has 3 N–H and O–H groups in total. The van der Waals surface area contributed by atoms with Crippen LogP contribution in [0.2, 0.25) is 0 Å². The normalized spacial score (nSPS) is 25.4. The Labute approximate surface area is 198 Å². The van der Waals surface area contributed by atoms with Gasteiger partial charge in [-0.1, -0.05) is 13.0 Å². The van der Waals surface area contributed by atoms with Crippen molar-refractivity contribution in [3.63, 3.8) is 0 Å². The van der Waals surface area contributed by atoms with Crippen LogP contribution in [0.15, 0.2) is 30.5 Å². The molecule has 1 amide bonds. The number of amides is 1. The number of nitrogens with one attached hydrogen (secondary N) is 1. The zero-order valence-corrected chi connectivity index (χ0v) is 19.4. The number of aliphatic hydroxyl groups is 2. The van der Waals surface area contributed by atoms with Crippen molar-refractivity contribution in [2.45, 2.75) is 50.7 Å². The first-order valence-corrected chi connectivity index (χ1v) is 10.7. The van der Waals surface area contributed by atoms with E-state index in [0.29, 0.717) is 0 Å². The highest BCUT2D eigenvalue weighted by atomic mass is 19.4. The molecule has 1 saturated heterocycles. The standard InChI is InChI=1S/C23H26F4N2O6/c1-11-15(24)6-5-14(19(11)34-4)18-12(2)22(3,23(25,26)27)35-20(18)21(32)28-13-7-8-29(33)16(9-13)17(31)10-30/h5-9,12,17-18,20,30-31H,10H2,1-4H3,(H,28,32)/t12-,17-,18-,20+,22+/m0/s1. The number of pyridine rings is 1. The van der Waals surface area contributed by atoms with Gasteiger partial charge >= 0.3 is 6.18 Å². The number of alkyl halides is 3. The average molecular weight is 502 g/mol. The molecule has 0 saturated carbocycles. The topological polar surface area (TPSA) is 115 Å². The molecule has 0 unspecified atom stereocenters. The van der Waals surface area contributed by atoms with Gasteiger partial charge in [-0.25, -0.2) is 4.39 Å². The zero-order chi connectivity index (χ0) is 26.3. The fourth-order valence-electron chi connectivity index (χ4n) is 4.38. The van der Waals surface area contributed by atoms with E-state index in [1.165, 1.54) is 33.1 Å². The highest BCUT2D eigenvalue weighted by molar-refractivity contribution is 5.95. The maximum Gasteiger partial charge on any atom is 0.417 e. The van der Waals surface area contributed by atoms with Crippen LogP contribution >= 0.6 is 0 Å². The maximum atomic E-state index is 14.1. The molecule has 3 rings (SSSR count). The van der Waals surface area contributed by atoms with E-state index in [-0.39, 0.29) is 33.0 Å². The predicted octanol–water partition coefficient (Wildman–Crippen LogP) is 2.88. The molecule has 0 aliphatic carbocycles. The Morgan fingerprint density at radius 1 is 1.37 bits per heavy atom. The lowest BCUT2D eigenvalue weighted by atomic mass is 9.76. The first-order chi connectivity index (χ1) is 16.3. The Kier molecular flexibility index (Phi) is 7.30. The number of anilines is 1. The van der Waals surface area contributed by atoms with Crippen molar-refractivity contribution in [2.24, 2.45) is 5.92 Å². The number of benzene rings is 1. The predicted molar refractivity (Wildman–Crippen MR) is 115 cm³/mol. The van der Waals surface area contributed by atoms with E-state index in [4.69, 9.17) is 14.6 Å². The molecular weight excluding hydrogens is 476 g/mol. The van der Waals surface area contributed by atoms with Gasteiger partial charge in [0, 0.05) is 35.1 Å². The molecule has 2 heterocycles. The van der Waals surface area contributed by atoms with E-state index in [2.05, 4.69) is 5.32 Å². The molecule has 12 heteroatoms. The number of carbonyl (C=O) groups is 1. The molecule has 1 aromatic carbocycles. The Bertz CT molecular complexity index is 1110. The molecule has 1 aliphatic rings. The van der Waals surface area contributed by atoms with E-state index in [1.807, 2.05) is 0 Å². The molecular formula is C23H26F4N2O6. The van der Waals surface area contributed by atoms with E-state index in [0.717, 1.165) is 25.3 Å². The van der Waals surface area contributed by atoms with E-state index >= 15 is 0 Å². The average Bonchev–Trinajstić information content (AvgIpc) is 3.08. The fraction of sp³-hybridized carbons (Fsp3) is 0.478. The minimum absolute atomic E-state index is 0.00939. The summed E-state index contributed by atoms with van der Waals surface area (Å²) in [5, 5.41) is 33.2. The van der Waals surface area contributed by atoms with Gasteiger partial charge in [-0.3, -0.25) is 4.79 Å². The molecule has 5 atom stereocenters. The zero-order valence-electron chi connectivity index (χ0n) is 19.4. The van der Waals surface area contributed by atoms with Crippen molar-refractivity contribution < 1.29 is 46.8 Å². The van der Waals surface area contributed by atoms with E-state index in [9.17, 15) is 32.7 Å². The van der Waals surface area contributed by atoms with Crippen LogP contribution in [0.3, 0.4) is 0 Å². The van der Waals surface area contributed by atoms with Crippen molar-refractivity contribution >= 4 is 11.6 Å². The number of aromatic nitrogens is 1. The number of aliphatic hydroxyl groups excluding tert-OH is 2. The van der Waals surface area contributed by atoms with Crippen LogP contribution in [0.25, 0.3) is 0 Å². The summed E-state index contributed by atoms with van der Waals surface area (Å²) in [5.74, 6) is -4.01. The second kappa shape index (κ2) is 9.59. The molecule has 0 bridgehead atoms. The summed E-state index contributed by atoms with van der Waals surface area (Å²) < 4.78 is 67.3. The minimum Gasteiger partial charge on any atom is -0.618 e. The number of methoxy groups -OCH3 is 1. The van der Waals surface area contributed by atoms with Gasteiger partial charge in [0.15, 0.2) is 17.9 Å². The van der Waals surface area contributed by atoms with E-state index < -0.39 is 54.2 Å². The van der Waals surface area contributed by atoms with Crippen molar-refractivity contribution in [2.75, 3.05) is 19.0 Å². The van der Waals surface area contributed by atoms with Gasteiger partial charge < -0.3 is 30.2 Å². The number of nitrogens with zero attached hydrogens (tertiary/aromatic N) is 1. The maximum absolute atomic E-state index is 14.1. The quantitative estimate of drug-likeness (QED) is 0.318. The largest absolute Gasteiger partial charge is 0.618 e. The van der Waals surface area contributed by atoms with Crippen LogP contribution in [0, 0.1) is 23.9 Å². The van der Waals surface area contributed by atoms with Crippen molar-refractivity contribution in [1.29, 1.82) is 0 Å². The third kappa shape index (κ3) is 4.65. The summed E-state index contributed by atoms with van der Waals surface area (Å²) in [7, 11) is 1.25. The van der Waals surface area contributed by atoms with Crippen molar-refractivity contribution in [3.8, 4) is 5.75 Å². The smallest absolute Gasteiger partial charge is 0.417 e. The highest BCUT2D eigenvalue weighted by Gasteiger charge is 2.65. The van der Waals surface area contributed by atoms with Crippen LogP contribution in [0.4, 0.5) is 23.2 Å². The summed E-state index contributed by atoms with van der Waals surface area (Å²) >= 11 is 0. The number of ether oxygens (including phenoxy) is 2. The summed E-state index contributed by atoms with van der Waals surface area (Å²) in [5.41, 5.74) is -2.75. The summed E-state index contributed by atoms with van der Waals surface area (Å²) in [6.07, 6.45) is -7.08. The van der Waals surface area contributed by atoms with Gasteiger partial charge in [-0.15, -0.1) is 0 Å². The lowest BCUT2D eigenvalue weighted by Crippen LogP contribution is -2.47. The van der Waals surface area contributed by atoms with Crippen molar-refractivity contribution in [1.82, 2.24) is 0 Å². The van der Waals surface area contributed by atoms with Crippen LogP contribution in [-0.2, 0) is 9.53 Å². The fourth-order valence-corrected chi connectivity index (χ4v) is 4.38. The summed E-state index contributed by atoms with van der Waals surface area (Å²) in [6, 6.07) is 4.62. The molecule has 1 aliphatic heterocycles. The first kappa shape index (κ1) is 26.6. The molecule has 2 aromatic rings. The lowest BCUT2D eigenvalue weighted by Gasteiger charge is -2.32. The van der Waals surface area contributed by atoms with Gasteiger partial charge in [0.1, 0.15) is 17.7 Å². The van der Waals surface area contributed by atoms with Gasteiger partial charge in [0.2, 0.25) is 5.69 Å². The Morgan fingerprint density at radius 3 is 2.60 bits per heavy atom. The second-order valence-corrected chi connectivity index (χ2v) is 8.61. The number of halogens is 4. The number of hydrogen-bond acceptors (Lipinski definition) is 6. The van der Waals surface area contributed by atoms with Crippen molar-refractivity contribution in [3.05, 3.63) is 58.3 Å². The molecule has 1 fully saturated rings. The van der Waals surface area contributed by atoms with Crippen LogP contribution in [0.5, 0.6) is 5.75 Å². The van der Waals surface area contributed by atoms with Gasteiger partial charge in [0.05, 0.1) is 19.4 Å². The molecule has 1 aromatic heterocycles. The van der Waals surface area contributed by atoms with E-state index in [1.54, 1.807) is 0 Å². The molecule has 0 spiro atoms. The number of rotatable bonds is 6. The summed E-state index contributed by atoms with van der Waals surface area (Å²) in [4.78, 5) is 13.2. The highest BCUT2D eigenvalue weighted by Crippen LogP contribution is 2.55. The SMILES string of the molecule is COc1c([C@H]2[C@H](C(=O)Nc3cc[n+]([O-])c([C@@H](O)CO)c3)O[C@@](C)(C(F)(F)F)[C@H]2C)ccc(F)c1C.